The van der Waals surface area contributed by atoms with Crippen LogP contribution < -0.4 is 0 Å². The Kier molecular flexibility index (Phi) is 12.3. The third-order valence-corrected chi connectivity index (χ3v) is 7.78. The van der Waals surface area contributed by atoms with Gasteiger partial charge in [0.15, 0.2) is 0 Å². The van der Waals surface area contributed by atoms with Crippen LogP contribution in [0.15, 0.2) is 0 Å². The quantitative estimate of drug-likeness (QED) is 0.367. The third kappa shape index (κ3) is 8.27. The first kappa shape index (κ1) is 19.4. The maximum Gasteiger partial charge on any atom is 0.116 e. The van der Waals surface area contributed by atoms with Gasteiger partial charge in [-0.05, 0) is 70.2 Å². The first-order chi connectivity index (χ1) is 9.08. The van der Waals surface area contributed by atoms with E-state index in [-0.39, 0.29) is 0 Å². The van der Waals surface area contributed by atoms with Crippen molar-refractivity contribution in [2.45, 2.75) is 115 Å². The van der Waals surface area contributed by atoms with Gasteiger partial charge in [-0.2, -0.15) is 0 Å². The van der Waals surface area contributed by atoms with Crippen LogP contribution in [0.3, 0.4) is 0 Å². The lowest BCUT2D eigenvalue weighted by Gasteiger charge is -2.26. The van der Waals surface area contributed by atoms with E-state index >= 15 is 0 Å². The number of hydrogen-bond donors (Lipinski definition) is 0. The molecule has 0 N–H and O–H groups in total. The molecule has 0 spiro atoms. The summed E-state index contributed by atoms with van der Waals surface area (Å²) >= 11 is 0. The van der Waals surface area contributed by atoms with E-state index in [1.54, 1.807) is 0 Å². The zero-order chi connectivity index (χ0) is 14.7. The highest BCUT2D eigenvalue weighted by Crippen LogP contribution is 2.28. The molecule has 0 aromatic carbocycles. The fraction of sp³-hybridized carbons (Fsp3) is 1.00. The normalized spacial score (nSPS) is 18.0. The minimum Gasteiger partial charge on any atom is -0.0654 e. The molecule has 1 heteroatoms. The summed E-state index contributed by atoms with van der Waals surface area (Å²) in [5.74, 6) is 0. The van der Waals surface area contributed by atoms with Crippen LogP contribution in [0.1, 0.15) is 99.3 Å². The van der Waals surface area contributed by atoms with Crippen molar-refractivity contribution in [3.05, 3.63) is 0 Å². The Morgan fingerprint density at radius 2 is 0.842 bits per heavy atom. The molecule has 3 unspecified atom stereocenters. The number of unbranched alkanes of at least 4 members (excludes halogenated alkanes) is 3. The Balaban J connectivity index is 4.50. The van der Waals surface area contributed by atoms with Crippen LogP contribution in [0, 0.1) is 0 Å². The molecular formula is C18H39S+. The fourth-order valence-corrected chi connectivity index (χ4v) is 6.77. The molecule has 0 bridgehead atoms. The van der Waals surface area contributed by atoms with Crippen LogP contribution in [0.2, 0.25) is 0 Å². The molecule has 19 heavy (non-hydrogen) atoms. The van der Waals surface area contributed by atoms with Gasteiger partial charge >= 0.3 is 0 Å². The highest BCUT2D eigenvalue weighted by Gasteiger charge is 2.36. The Hall–Kier alpha value is 0.350. The van der Waals surface area contributed by atoms with Crippen LogP contribution in [0.5, 0.6) is 0 Å². The Morgan fingerprint density at radius 1 is 0.579 bits per heavy atom. The van der Waals surface area contributed by atoms with Crippen molar-refractivity contribution < 1.29 is 0 Å². The molecule has 0 aliphatic heterocycles. The molecule has 0 aliphatic rings. The van der Waals surface area contributed by atoms with Gasteiger partial charge in [-0.15, -0.1) is 0 Å². The largest absolute Gasteiger partial charge is 0.116 e. The fourth-order valence-electron chi connectivity index (χ4n) is 3.07. The van der Waals surface area contributed by atoms with E-state index in [1.165, 1.54) is 57.8 Å². The SMILES string of the molecule is CCCCC(C)[S+](C(C)CCCC)C(C)CCCC. The Morgan fingerprint density at radius 3 is 1.05 bits per heavy atom. The lowest BCUT2D eigenvalue weighted by Crippen LogP contribution is -2.37. The molecule has 0 aromatic rings. The standard InChI is InChI=1S/C18H39S/c1-7-10-13-16(4)19(17(5)14-11-8-2)18(6)15-12-9-3/h16-18H,7-15H2,1-6H3/q+1. The smallest absolute Gasteiger partial charge is 0.0654 e. The van der Waals surface area contributed by atoms with Crippen LogP contribution in [-0.4, -0.2) is 15.7 Å². The maximum absolute atomic E-state index is 2.53. The van der Waals surface area contributed by atoms with Crippen molar-refractivity contribution in [2.24, 2.45) is 0 Å². The lowest BCUT2D eigenvalue weighted by atomic mass is 10.2. The summed E-state index contributed by atoms with van der Waals surface area (Å²) in [5.41, 5.74) is 0. The van der Waals surface area contributed by atoms with Gasteiger partial charge in [-0.3, -0.25) is 0 Å². The highest BCUT2D eigenvalue weighted by molar-refractivity contribution is 7.98. The molecule has 0 aliphatic carbocycles. The second kappa shape index (κ2) is 12.1. The van der Waals surface area contributed by atoms with Crippen LogP contribution in [-0.2, 0) is 10.9 Å². The summed E-state index contributed by atoms with van der Waals surface area (Å²) in [4.78, 5) is 0. The summed E-state index contributed by atoms with van der Waals surface area (Å²) < 4.78 is 0. The van der Waals surface area contributed by atoms with Gasteiger partial charge in [0.2, 0.25) is 0 Å². The van der Waals surface area contributed by atoms with Gasteiger partial charge in [-0.1, -0.05) is 40.0 Å². The van der Waals surface area contributed by atoms with E-state index in [2.05, 4.69) is 41.5 Å². The average molecular weight is 288 g/mol. The Labute approximate surface area is 126 Å². The zero-order valence-corrected chi connectivity index (χ0v) is 15.3. The van der Waals surface area contributed by atoms with Crippen molar-refractivity contribution in [3.8, 4) is 0 Å². The second-order valence-electron chi connectivity index (χ2n) is 6.27. The summed E-state index contributed by atoms with van der Waals surface area (Å²) in [6.07, 6.45) is 12.7. The van der Waals surface area contributed by atoms with Gasteiger partial charge in [0.25, 0.3) is 0 Å². The molecule has 0 saturated carbocycles. The van der Waals surface area contributed by atoms with Gasteiger partial charge in [-0.25, -0.2) is 0 Å². The average Bonchev–Trinajstić information content (AvgIpc) is 2.40. The van der Waals surface area contributed by atoms with E-state index in [0.717, 1.165) is 15.7 Å². The summed E-state index contributed by atoms with van der Waals surface area (Å²) in [7, 11) is 0.637. The van der Waals surface area contributed by atoms with E-state index in [4.69, 9.17) is 0 Å². The van der Waals surface area contributed by atoms with Crippen LogP contribution in [0.4, 0.5) is 0 Å². The second-order valence-corrected chi connectivity index (χ2v) is 9.50. The molecular weight excluding hydrogens is 248 g/mol. The predicted octanol–water partition coefficient (Wildman–Crippen LogP) is 6.34. The van der Waals surface area contributed by atoms with Gasteiger partial charge in [0.05, 0.1) is 0 Å². The first-order valence-electron chi connectivity index (χ1n) is 8.79. The van der Waals surface area contributed by atoms with Gasteiger partial charge < -0.3 is 0 Å². The third-order valence-electron chi connectivity index (χ3n) is 4.29. The summed E-state index contributed by atoms with van der Waals surface area (Å²) in [6.45, 7) is 14.6. The molecule has 0 heterocycles. The molecule has 116 valence electrons. The first-order valence-corrected chi connectivity index (χ1v) is 10.2. The van der Waals surface area contributed by atoms with Crippen molar-refractivity contribution in [1.29, 1.82) is 0 Å². The molecule has 0 saturated heterocycles. The zero-order valence-electron chi connectivity index (χ0n) is 14.5. The van der Waals surface area contributed by atoms with Gasteiger partial charge in [0, 0.05) is 0 Å². The van der Waals surface area contributed by atoms with Crippen molar-refractivity contribution in [2.75, 3.05) is 0 Å². The summed E-state index contributed by atoms with van der Waals surface area (Å²) in [6, 6.07) is 0. The van der Waals surface area contributed by atoms with Crippen molar-refractivity contribution in [1.82, 2.24) is 0 Å². The predicted molar refractivity (Wildman–Crippen MR) is 94.3 cm³/mol. The van der Waals surface area contributed by atoms with Crippen LogP contribution >= 0.6 is 0 Å². The molecule has 0 fully saturated rings. The minimum absolute atomic E-state index is 0.637. The van der Waals surface area contributed by atoms with Gasteiger partial charge in [0.1, 0.15) is 15.7 Å². The highest BCUT2D eigenvalue weighted by atomic mass is 32.2. The van der Waals surface area contributed by atoms with Crippen molar-refractivity contribution >= 4 is 10.9 Å². The van der Waals surface area contributed by atoms with E-state index in [9.17, 15) is 0 Å². The Bertz CT molecular complexity index is 157. The summed E-state index contributed by atoms with van der Waals surface area (Å²) in [5, 5.41) is 2.83. The van der Waals surface area contributed by atoms with E-state index < -0.39 is 0 Å². The van der Waals surface area contributed by atoms with Crippen LogP contribution in [0.25, 0.3) is 0 Å². The van der Waals surface area contributed by atoms with E-state index in [1.807, 2.05) is 0 Å². The molecule has 0 aromatic heterocycles. The molecule has 3 atom stereocenters. The molecule has 0 radical (unpaired) electrons. The molecule has 0 nitrogen and oxygen atoms in total. The van der Waals surface area contributed by atoms with Crippen molar-refractivity contribution in [3.63, 3.8) is 0 Å². The number of rotatable bonds is 12. The maximum atomic E-state index is 2.53. The lowest BCUT2D eigenvalue weighted by molar-refractivity contribution is 0.657. The van der Waals surface area contributed by atoms with E-state index in [0.29, 0.717) is 10.9 Å². The molecule has 0 rings (SSSR count). The number of hydrogen-bond acceptors (Lipinski definition) is 0. The monoisotopic (exact) mass is 287 g/mol. The minimum atomic E-state index is 0.637. The molecule has 0 amide bonds. The topological polar surface area (TPSA) is 0 Å².